The van der Waals surface area contributed by atoms with E-state index in [1.165, 1.54) is 7.11 Å². The number of ether oxygens (including phenoxy) is 1. The molecule has 0 radical (unpaired) electrons. The molecule has 0 atom stereocenters. The second-order valence-corrected chi connectivity index (χ2v) is 3.64. The predicted octanol–water partition coefficient (Wildman–Crippen LogP) is 2.39. The molecule has 15 heavy (non-hydrogen) atoms. The average Bonchev–Trinajstić information content (AvgIpc) is 2.26. The van der Waals surface area contributed by atoms with Crippen molar-refractivity contribution in [2.45, 2.75) is 6.92 Å². The van der Waals surface area contributed by atoms with Crippen LogP contribution in [0, 0.1) is 6.92 Å². The first-order valence-electron chi connectivity index (χ1n) is 4.37. The summed E-state index contributed by atoms with van der Waals surface area (Å²) in [6.45, 7) is 1.78. The van der Waals surface area contributed by atoms with Gasteiger partial charge in [-0.3, -0.25) is 9.59 Å². The van der Waals surface area contributed by atoms with E-state index in [0.29, 0.717) is 23.2 Å². The van der Waals surface area contributed by atoms with Gasteiger partial charge in [-0.05, 0) is 24.6 Å². The summed E-state index contributed by atoms with van der Waals surface area (Å²) >= 11 is 3.09. The molecular weight excluding hydrogens is 260 g/mol. The van der Waals surface area contributed by atoms with Crippen molar-refractivity contribution in [3.8, 4) is 5.75 Å². The second-order valence-electron chi connectivity index (χ2n) is 3.08. The van der Waals surface area contributed by atoms with Crippen LogP contribution in [0.25, 0.3) is 0 Å². The number of ketones is 1. The summed E-state index contributed by atoms with van der Waals surface area (Å²) < 4.78 is 5.02. The molecule has 0 aliphatic rings. The highest BCUT2D eigenvalue weighted by Gasteiger charge is 2.14. The number of aryl methyl sites for hydroxylation is 1. The van der Waals surface area contributed by atoms with Gasteiger partial charge in [-0.1, -0.05) is 15.9 Å². The van der Waals surface area contributed by atoms with Crippen molar-refractivity contribution >= 4 is 28.0 Å². The number of hydrogen-bond acceptors (Lipinski definition) is 3. The summed E-state index contributed by atoms with van der Waals surface area (Å²) in [6.07, 6.45) is 0.672. The van der Waals surface area contributed by atoms with Crippen LogP contribution in [0.2, 0.25) is 0 Å². The lowest BCUT2D eigenvalue weighted by Gasteiger charge is -2.09. The Morgan fingerprint density at radius 3 is 2.67 bits per heavy atom. The summed E-state index contributed by atoms with van der Waals surface area (Å²) in [7, 11) is 1.52. The van der Waals surface area contributed by atoms with Gasteiger partial charge in [0.15, 0.2) is 12.1 Å². The smallest absolute Gasteiger partial charge is 0.174 e. The van der Waals surface area contributed by atoms with Gasteiger partial charge in [0.2, 0.25) is 0 Å². The first kappa shape index (κ1) is 11.9. The van der Waals surface area contributed by atoms with Crippen molar-refractivity contribution in [1.29, 1.82) is 0 Å². The molecule has 0 saturated carbocycles. The SMILES string of the molecule is COc1cc(C)c(C(=O)CBr)c(C=O)c1. The molecule has 0 aliphatic heterocycles. The highest BCUT2D eigenvalue weighted by Crippen LogP contribution is 2.22. The lowest BCUT2D eigenvalue weighted by molar-refractivity contribution is 0.101. The van der Waals surface area contributed by atoms with Crippen molar-refractivity contribution in [2.75, 3.05) is 12.4 Å². The van der Waals surface area contributed by atoms with E-state index in [1.807, 2.05) is 0 Å². The number of alkyl halides is 1. The minimum absolute atomic E-state index is 0.0998. The van der Waals surface area contributed by atoms with Crippen LogP contribution >= 0.6 is 15.9 Å². The summed E-state index contributed by atoms with van der Waals surface area (Å²) in [4.78, 5) is 22.4. The van der Waals surface area contributed by atoms with E-state index in [1.54, 1.807) is 19.1 Å². The van der Waals surface area contributed by atoms with Gasteiger partial charge in [0.25, 0.3) is 0 Å². The Morgan fingerprint density at radius 1 is 1.53 bits per heavy atom. The van der Waals surface area contributed by atoms with Crippen LogP contribution in [0.1, 0.15) is 26.3 Å². The van der Waals surface area contributed by atoms with E-state index < -0.39 is 0 Å². The molecule has 1 rings (SSSR count). The van der Waals surface area contributed by atoms with Crippen molar-refractivity contribution < 1.29 is 14.3 Å². The van der Waals surface area contributed by atoms with Gasteiger partial charge in [0.05, 0.1) is 12.4 Å². The molecule has 0 unspecified atom stereocenters. The number of Topliss-reactive ketones (excluding diaryl/α,β-unsaturated/α-hetero) is 1. The van der Waals surface area contributed by atoms with Crippen LogP contribution in [-0.4, -0.2) is 24.5 Å². The zero-order chi connectivity index (χ0) is 11.4. The zero-order valence-corrected chi connectivity index (χ0v) is 10.1. The van der Waals surface area contributed by atoms with Crippen molar-refractivity contribution in [3.05, 3.63) is 28.8 Å². The maximum absolute atomic E-state index is 11.6. The van der Waals surface area contributed by atoms with Gasteiger partial charge < -0.3 is 4.74 Å². The molecule has 80 valence electrons. The molecule has 0 aliphatic carbocycles. The number of carbonyl (C=O) groups is 2. The van der Waals surface area contributed by atoms with E-state index in [-0.39, 0.29) is 11.1 Å². The summed E-state index contributed by atoms with van der Waals surface area (Å²) in [5, 5.41) is 0.209. The first-order chi connectivity index (χ1) is 7.13. The molecule has 0 aromatic heterocycles. The Labute approximate surface area is 96.6 Å². The Bertz CT molecular complexity index is 399. The maximum Gasteiger partial charge on any atom is 0.174 e. The van der Waals surface area contributed by atoms with E-state index in [4.69, 9.17) is 4.74 Å². The fourth-order valence-corrected chi connectivity index (χ4v) is 1.72. The van der Waals surface area contributed by atoms with Crippen LogP contribution in [0.5, 0.6) is 5.75 Å². The Morgan fingerprint density at radius 2 is 2.20 bits per heavy atom. The molecule has 1 aromatic rings. The molecule has 0 N–H and O–H groups in total. The van der Waals surface area contributed by atoms with Crippen LogP contribution < -0.4 is 4.74 Å². The largest absolute Gasteiger partial charge is 0.497 e. The first-order valence-corrected chi connectivity index (χ1v) is 5.49. The minimum Gasteiger partial charge on any atom is -0.497 e. The average molecular weight is 271 g/mol. The standard InChI is InChI=1S/C11H11BrO3/c1-7-3-9(15-2)4-8(6-13)11(7)10(14)5-12/h3-4,6H,5H2,1-2H3. The normalized spacial score (nSPS) is 9.80. The highest BCUT2D eigenvalue weighted by atomic mass is 79.9. The molecule has 0 saturated heterocycles. The number of methoxy groups -OCH3 is 1. The predicted molar refractivity (Wildman–Crippen MR) is 61.2 cm³/mol. The third-order valence-electron chi connectivity index (χ3n) is 2.10. The quantitative estimate of drug-likeness (QED) is 0.479. The minimum atomic E-state index is -0.0998. The fraction of sp³-hybridized carbons (Fsp3) is 0.273. The number of halogens is 1. The molecule has 1 aromatic carbocycles. The third-order valence-corrected chi connectivity index (χ3v) is 2.61. The Balaban J connectivity index is 3.37. The van der Waals surface area contributed by atoms with Crippen molar-refractivity contribution in [2.24, 2.45) is 0 Å². The van der Waals surface area contributed by atoms with E-state index in [2.05, 4.69) is 15.9 Å². The third kappa shape index (κ3) is 2.45. The van der Waals surface area contributed by atoms with Crippen LogP contribution in [0.4, 0.5) is 0 Å². The monoisotopic (exact) mass is 270 g/mol. The molecule has 3 nitrogen and oxygen atoms in total. The van der Waals surface area contributed by atoms with Crippen molar-refractivity contribution in [3.63, 3.8) is 0 Å². The topological polar surface area (TPSA) is 43.4 Å². The van der Waals surface area contributed by atoms with Crippen LogP contribution in [0.3, 0.4) is 0 Å². The van der Waals surface area contributed by atoms with Crippen LogP contribution in [-0.2, 0) is 0 Å². The lowest BCUT2D eigenvalue weighted by atomic mass is 9.99. The number of hydrogen-bond donors (Lipinski definition) is 0. The lowest BCUT2D eigenvalue weighted by Crippen LogP contribution is -2.07. The molecule has 0 fully saturated rings. The number of rotatable bonds is 4. The van der Waals surface area contributed by atoms with Gasteiger partial charge in [0.1, 0.15) is 5.75 Å². The van der Waals surface area contributed by atoms with E-state index >= 15 is 0 Å². The second kappa shape index (κ2) is 5.07. The van der Waals surface area contributed by atoms with Gasteiger partial charge in [-0.15, -0.1) is 0 Å². The molecule has 0 heterocycles. The van der Waals surface area contributed by atoms with Gasteiger partial charge >= 0.3 is 0 Å². The molecule has 0 spiro atoms. The maximum atomic E-state index is 11.6. The summed E-state index contributed by atoms with van der Waals surface area (Å²) in [5.41, 5.74) is 1.58. The molecule has 0 amide bonds. The highest BCUT2D eigenvalue weighted by molar-refractivity contribution is 9.09. The van der Waals surface area contributed by atoms with E-state index in [9.17, 15) is 9.59 Å². The Kier molecular flexibility index (Phi) is 4.03. The molecule has 0 bridgehead atoms. The molecule has 4 heteroatoms. The van der Waals surface area contributed by atoms with Gasteiger partial charge in [-0.2, -0.15) is 0 Å². The summed E-state index contributed by atoms with van der Waals surface area (Å²) in [5.74, 6) is 0.484. The number of carbonyl (C=O) groups excluding carboxylic acids is 2. The van der Waals surface area contributed by atoms with Gasteiger partial charge in [0, 0.05) is 11.1 Å². The fourth-order valence-electron chi connectivity index (χ4n) is 1.44. The van der Waals surface area contributed by atoms with E-state index in [0.717, 1.165) is 5.56 Å². The number of aldehydes is 1. The number of benzene rings is 1. The van der Waals surface area contributed by atoms with Crippen LogP contribution in [0.15, 0.2) is 12.1 Å². The summed E-state index contributed by atoms with van der Waals surface area (Å²) in [6, 6.07) is 3.30. The zero-order valence-electron chi connectivity index (χ0n) is 8.54. The molecular formula is C11H11BrO3. The van der Waals surface area contributed by atoms with Gasteiger partial charge in [-0.25, -0.2) is 0 Å². The van der Waals surface area contributed by atoms with Crippen molar-refractivity contribution in [1.82, 2.24) is 0 Å². The Hall–Kier alpha value is -1.16.